The van der Waals surface area contributed by atoms with Crippen molar-refractivity contribution in [2.75, 3.05) is 12.4 Å². The van der Waals surface area contributed by atoms with Gasteiger partial charge in [0.05, 0.1) is 17.6 Å². The maximum atomic E-state index is 12.1. The highest BCUT2D eigenvalue weighted by atomic mass is 79.9. The Morgan fingerprint density at radius 2 is 2.00 bits per heavy atom. The second-order valence-corrected chi connectivity index (χ2v) is 5.49. The highest BCUT2D eigenvalue weighted by molar-refractivity contribution is 9.10. The minimum Gasteiger partial charge on any atom is -0.496 e. The van der Waals surface area contributed by atoms with Crippen molar-refractivity contribution in [1.82, 2.24) is 0 Å². The van der Waals surface area contributed by atoms with E-state index < -0.39 is 6.04 Å². The van der Waals surface area contributed by atoms with Crippen molar-refractivity contribution in [3.63, 3.8) is 0 Å². The van der Waals surface area contributed by atoms with Gasteiger partial charge in [0.25, 0.3) is 0 Å². The van der Waals surface area contributed by atoms with Crippen LogP contribution in [0.5, 0.6) is 5.75 Å². The summed E-state index contributed by atoms with van der Waals surface area (Å²) in [4.78, 5) is 12.1. The summed E-state index contributed by atoms with van der Waals surface area (Å²) in [7, 11) is 1.59. The monoisotopic (exact) mass is 348 g/mol. The van der Waals surface area contributed by atoms with Crippen molar-refractivity contribution in [2.24, 2.45) is 5.73 Å². The molecule has 0 aromatic heterocycles. The number of methoxy groups -OCH3 is 1. The first kappa shape index (κ1) is 15.5. The summed E-state index contributed by atoms with van der Waals surface area (Å²) in [5, 5.41) is 2.80. The minimum atomic E-state index is -0.590. The van der Waals surface area contributed by atoms with E-state index in [1.165, 1.54) is 0 Å². The predicted molar refractivity (Wildman–Crippen MR) is 87.4 cm³/mol. The van der Waals surface area contributed by atoms with E-state index in [1.54, 1.807) is 25.3 Å². The molecule has 2 aromatic rings. The molecule has 0 aliphatic rings. The summed E-state index contributed by atoms with van der Waals surface area (Å²) in [6.45, 7) is 0. The normalized spacial score (nSPS) is 11.8. The molecule has 110 valence electrons. The molecule has 0 saturated heterocycles. The predicted octanol–water partition coefficient (Wildman–Crippen LogP) is 2.97. The highest BCUT2D eigenvalue weighted by Crippen LogP contribution is 2.27. The lowest BCUT2D eigenvalue weighted by Crippen LogP contribution is -2.37. The molecule has 0 unspecified atom stereocenters. The molecule has 3 N–H and O–H groups in total. The van der Waals surface area contributed by atoms with E-state index in [-0.39, 0.29) is 5.91 Å². The molecule has 0 spiro atoms. The van der Waals surface area contributed by atoms with E-state index in [0.717, 1.165) is 10.0 Å². The molecule has 1 amide bonds. The smallest absolute Gasteiger partial charge is 0.241 e. The van der Waals surface area contributed by atoms with E-state index in [2.05, 4.69) is 21.2 Å². The van der Waals surface area contributed by atoms with E-state index in [0.29, 0.717) is 17.9 Å². The quantitative estimate of drug-likeness (QED) is 0.872. The lowest BCUT2D eigenvalue weighted by molar-refractivity contribution is -0.117. The molecule has 0 aliphatic heterocycles. The van der Waals surface area contributed by atoms with Crippen molar-refractivity contribution >= 4 is 27.5 Å². The molecule has 0 bridgehead atoms. The molecule has 5 heteroatoms. The number of amides is 1. The zero-order valence-electron chi connectivity index (χ0n) is 11.7. The van der Waals surface area contributed by atoms with Gasteiger partial charge in [-0.05, 0) is 46.1 Å². The number of hydrogen-bond donors (Lipinski definition) is 2. The van der Waals surface area contributed by atoms with Crippen LogP contribution in [0.1, 0.15) is 5.56 Å². The van der Waals surface area contributed by atoms with Crippen molar-refractivity contribution in [3.05, 3.63) is 58.6 Å². The Hall–Kier alpha value is -1.85. The van der Waals surface area contributed by atoms with Crippen molar-refractivity contribution < 1.29 is 9.53 Å². The first-order valence-electron chi connectivity index (χ1n) is 6.54. The van der Waals surface area contributed by atoms with Gasteiger partial charge in [-0.25, -0.2) is 0 Å². The van der Waals surface area contributed by atoms with E-state index in [4.69, 9.17) is 10.5 Å². The molecule has 0 radical (unpaired) electrons. The van der Waals surface area contributed by atoms with Crippen LogP contribution in [-0.2, 0) is 11.2 Å². The number of rotatable bonds is 5. The standard InChI is InChI=1S/C16H17BrN2O2/c1-21-15-8-7-12(10-13(15)17)19-16(20)14(18)9-11-5-3-2-4-6-11/h2-8,10,14H,9,18H2,1H3,(H,19,20)/t14-/m0/s1. The SMILES string of the molecule is COc1ccc(NC(=O)[C@@H](N)Cc2ccccc2)cc1Br. The van der Waals surface area contributed by atoms with E-state index in [9.17, 15) is 4.79 Å². The van der Waals surface area contributed by atoms with Gasteiger partial charge in [0.1, 0.15) is 5.75 Å². The number of halogens is 1. The van der Waals surface area contributed by atoms with Crippen LogP contribution in [0.2, 0.25) is 0 Å². The van der Waals surface area contributed by atoms with Crippen LogP contribution in [0.25, 0.3) is 0 Å². The van der Waals surface area contributed by atoms with Crippen molar-refractivity contribution in [1.29, 1.82) is 0 Å². The van der Waals surface area contributed by atoms with Crippen LogP contribution in [0.4, 0.5) is 5.69 Å². The third kappa shape index (κ3) is 4.31. The number of benzene rings is 2. The van der Waals surface area contributed by atoms with Gasteiger partial charge in [0.2, 0.25) is 5.91 Å². The maximum Gasteiger partial charge on any atom is 0.241 e. The van der Waals surface area contributed by atoms with Gasteiger partial charge in [0.15, 0.2) is 0 Å². The summed E-state index contributed by atoms with van der Waals surface area (Å²) in [5.41, 5.74) is 7.66. The van der Waals surface area contributed by atoms with Crippen LogP contribution in [0, 0.1) is 0 Å². The topological polar surface area (TPSA) is 64.3 Å². The molecular formula is C16H17BrN2O2. The molecule has 2 rings (SSSR count). The van der Waals surface area contributed by atoms with Crippen LogP contribution < -0.4 is 15.8 Å². The van der Waals surface area contributed by atoms with Crippen LogP contribution in [0.3, 0.4) is 0 Å². The fraction of sp³-hybridized carbons (Fsp3) is 0.188. The lowest BCUT2D eigenvalue weighted by atomic mass is 10.1. The number of nitrogens with one attached hydrogen (secondary N) is 1. The molecule has 1 atom stereocenters. The van der Waals surface area contributed by atoms with E-state index in [1.807, 2.05) is 30.3 Å². The molecule has 4 nitrogen and oxygen atoms in total. The summed E-state index contributed by atoms with van der Waals surface area (Å²) in [5.74, 6) is 0.498. The number of anilines is 1. The first-order valence-corrected chi connectivity index (χ1v) is 7.33. The van der Waals surface area contributed by atoms with Gasteiger partial charge in [-0.3, -0.25) is 4.79 Å². The van der Waals surface area contributed by atoms with Crippen LogP contribution in [0.15, 0.2) is 53.0 Å². The van der Waals surface area contributed by atoms with Crippen molar-refractivity contribution in [2.45, 2.75) is 12.5 Å². The fourth-order valence-electron chi connectivity index (χ4n) is 1.94. The zero-order chi connectivity index (χ0) is 15.2. The Balaban J connectivity index is 1.99. The Morgan fingerprint density at radius 1 is 1.29 bits per heavy atom. The second-order valence-electron chi connectivity index (χ2n) is 4.63. The number of ether oxygens (including phenoxy) is 1. The molecular weight excluding hydrogens is 332 g/mol. The van der Waals surface area contributed by atoms with Gasteiger partial charge >= 0.3 is 0 Å². The minimum absolute atomic E-state index is 0.212. The average molecular weight is 349 g/mol. The van der Waals surface area contributed by atoms with Gasteiger partial charge < -0.3 is 15.8 Å². The van der Waals surface area contributed by atoms with Crippen LogP contribution >= 0.6 is 15.9 Å². The van der Waals surface area contributed by atoms with E-state index >= 15 is 0 Å². The molecule has 0 heterocycles. The van der Waals surface area contributed by atoms with Crippen LogP contribution in [-0.4, -0.2) is 19.1 Å². The lowest BCUT2D eigenvalue weighted by Gasteiger charge is -2.13. The Morgan fingerprint density at radius 3 is 2.62 bits per heavy atom. The highest BCUT2D eigenvalue weighted by Gasteiger charge is 2.14. The number of hydrogen-bond acceptors (Lipinski definition) is 3. The third-order valence-electron chi connectivity index (χ3n) is 3.05. The van der Waals surface area contributed by atoms with Gasteiger partial charge in [-0.2, -0.15) is 0 Å². The number of carbonyl (C=O) groups excluding carboxylic acids is 1. The third-order valence-corrected chi connectivity index (χ3v) is 3.67. The average Bonchev–Trinajstić information content (AvgIpc) is 2.48. The maximum absolute atomic E-state index is 12.1. The summed E-state index contributed by atoms with van der Waals surface area (Å²) >= 11 is 3.38. The zero-order valence-corrected chi connectivity index (χ0v) is 13.3. The van der Waals surface area contributed by atoms with Crippen molar-refractivity contribution in [3.8, 4) is 5.75 Å². The van der Waals surface area contributed by atoms with Gasteiger partial charge in [-0.1, -0.05) is 30.3 Å². The summed E-state index contributed by atoms with van der Waals surface area (Å²) < 4.78 is 5.92. The number of carbonyl (C=O) groups is 1. The summed E-state index contributed by atoms with van der Waals surface area (Å²) in [6, 6.07) is 14.5. The molecule has 0 fully saturated rings. The first-order chi connectivity index (χ1) is 10.1. The Kier molecular flexibility index (Phi) is 5.36. The second kappa shape index (κ2) is 7.24. The largest absolute Gasteiger partial charge is 0.496 e. The molecule has 0 aliphatic carbocycles. The fourth-order valence-corrected chi connectivity index (χ4v) is 2.48. The van der Waals surface area contributed by atoms with Gasteiger partial charge in [0, 0.05) is 5.69 Å². The molecule has 2 aromatic carbocycles. The Bertz CT molecular complexity index is 617. The number of nitrogens with two attached hydrogens (primary N) is 1. The molecule has 0 saturated carbocycles. The molecule has 21 heavy (non-hydrogen) atoms. The Labute approximate surface area is 132 Å². The van der Waals surface area contributed by atoms with Gasteiger partial charge in [-0.15, -0.1) is 0 Å². The summed E-state index contributed by atoms with van der Waals surface area (Å²) in [6.07, 6.45) is 0.504.